The van der Waals surface area contributed by atoms with Gasteiger partial charge in [-0.2, -0.15) is 0 Å². The molecule has 0 heteroatoms. The minimum atomic E-state index is 0.567. The molecule has 0 saturated heterocycles. The molecule has 0 nitrogen and oxygen atoms in total. The van der Waals surface area contributed by atoms with Crippen molar-refractivity contribution in [1.29, 1.82) is 0 Å². The predicted molar refractivity (Wildman–Crippen MR) is 140 cm³/mol. The maximum atomic E-state index is 3.58. The number of hydrogen-bond acceptors (Lipinski definition) is 0. The van der Waals surface area contributed by atoms with E-state index in [0.717, 1.165) is 5.92 Å². The summed E-state index contributed by atoms with van der Waals surface area (Å²) in [5.74, 6) is 8.34. The Morgan fingerprint density at radius 1 is 0.625 bits per heavy atom. The number of hydrogen-bond donors (Lipinski definition) is 0. The summed E-state index contributed by atoms with van der Waals surface area (Å²) < 4.78 is 0. The van der Waals surface area contributed by atoms with E-state index in [-0.39, 0.29) is 0 Å². The average Bonchev–Trinajstić information content (AvgIpc) is 2.85. The molecule has 2 aromatic carbocycles. The maximum absolute atomic E-state index is 3.58. The van der Waals surface area contributed by atoms with Gasteiger partial charge in [0.2, 0.25) is 0 Å². The molecule has 1 aliphatic carbocycles. The highest BCUT2D eigenvalue weighted by Gasteiger charge is 2.21. The van der Waals surface area contributed by atoms with Crippen LogP contribution in [0, 0.1) is 17.8 Å². The first-order valence-corrected chi connectivity index (χ1v) is 13.5. The normalized spacial score (nSPS) is 18.2. The van der Waals surface area contributed by atoms with Gasteiger partial charge in [-0.05, 0) is 86.1 Å². The summed E-state index contributed by atoms with van der Waals surface area (Å²) >= 11 is 0. The van der Waals surface area contributed by atoms with Crippen molar-refractivity contribution in [2.75, 3.05) is 0 Å². The molecule has 0 spiro atoms. The Morgan fingerprint density at radius 2 is 1.16 bits per heavy atom. The SMILES string of the molecule is CCCCCCc1ccc(C#CC2CCC(c3ccc(CCCCCC)cc3)CC2)cc1. The largest absolute Gasteiger partial charge is 0.0945 e. The van der Waals surface area contributed by atoms with Crippen molar-refractivity contribution in [3.63, 3.8) is 0 Å². The summed E-state index contributed by atoms with van der Waals surface area (Å²) in [6.07, 6.45) is 18.2. The molecule has 0 N–H and O–H groups in total. The third kappa shape index (κ3) is 8.50. The Morgan fingerprint density at radius 3 is 1.69 bits per heavy atom. The molecule has 0 heterocycles. The van der Waals surface area contributed by atoms with E-state index in [9.17, 15) is 0 Å². The molecule has 0 unspecified atom stereocenters. The van der Waals surface area contributed by atoms with E-state index in [1.165, 1.54) is 107 Å². The van der Waals surface area contributed by atoms with E-state index in [4.69, 9.17) is 0 Å². The van der Waals surface area contributed by atoms with Gasteiger partial charge in [0.1, 0.15) is 0 Å². The minimum Gasteiger partial charge on any atom is -0.0945 e. The molecule has 3 rings (SSSR count). The van der Waals surface area contributed by atoms with E-state index in [1.807, 2.05) is 0 Å². The Hall–Kier alpha value is -2.00. The van der Waals surface area contributed by atoms with Crippen molar-refractivity contribution in [3.8, 4) is 11.8 Å². The molecule has 172 valence electrons. The van der Waals surface area contributed by atoms with Crippen LogP contribution in [0.15, 0.2) is 48.5 Å². The van der Waals surface area contributed by atoms with Crippen LogP contribution in [0.4, 0.5) is 0 Å². The van der Waals surface area contributed by atoms with Gasteiger partial charge in [0.15, 0.2) is 0 Å². The zero-order valence-corrected chi connectivity index (χ0v) is 20.7. The summed E-state index contributed by atoms with van der Waals surface area (Å²) in [4.78, 5) is 0. The molecule has 0 atom stereocenters. The van der Waals surface area contributed by atoms with E-state index in [0.29, 0.717) is 5.92 Å². The van der Waals surface area contributed by atoms with Crippen LogP contribution in [-0.2, 0) is 12.8 Å². The fourth-order valence-electron chi connectivity index (χ4n) is 4.98. The van der Waals surface area contributed by atoms with Gasteiger partial charge in [-0.3, -0.25) is 0 Å². The number of aryl methyl sites for hydroxylation is 2. The van der Waals surface area contributed by atoms with Crippen molar-refractivity contribution >= 4 is 0 Å². The molecule has 0 aromatic heterocycles. The van der Waals surface area contributed by atoms with Gasteiger partial charge in [0, 0.05) is 11.5 Å². The van der Waals surface area contributed by atoms with Crippen molar-refractivity contribution < 1.29 is 0 Å². The van der Waals surface area contributed by atoms with Crippen molar-refractivity contribution in [2.45, 2.75) is 110 Å². The molecular formula is C32H44. The lowest BCUT2D eigenvalue weighted by Crippen LogP contribution is -2.12. The van der Waals surface area contributed by atoms with E-state index < -0.39 is 0 Å². The lowest BCUT2D eigenvalue weighted by atomic mass is 9.78. The molecule has 0 bridgehead atoms. The summed E-state index contributed by atoms with van der Waals surface area (Å²) in [5.41, 5.74) is 5.69. The first kappa shape index (κ1) is 24.6. The second kappa shape index (κ2) is 14.2. The third-order valence-corrected chi connectivity index (χ3v) is 7.19. The number of rotatable bonds is 11. The third-order valence-electron chi connectivity index (χ3n) is 7.19. The zero-order chi connectivity index (χ0) is 22.4. The van der Waals surface area contributed by atoms with Crippen LogP contribution in [0.5, 0.6) is 0 Å². The Bertz CT molecular complexity index is 807. The lowest BCUT2D eigenvalue weighted by molar-refractivity contribution is 0.384. The van der Waals surface area contributed by atoms with Crippen molar-refractivity contribution in [2.24, 2.45) is 5.92 Å². The molecule has 1 fully saturated rings. The molecule has 1 saturated carbocycles. The minimum absolute atomic E-state index is 0.567. The standard InChI is InChI=1S/C32H44/c1-3-5-7-9-11-27-13-15-29(16-14-27)17-18-30-21-25-32(26-22-30)31-23-19-28(20-24-31)12-10-8-6-4-2/h13-16,19-20,23-24,30,32H,3-12,21-22,25-26H2,1-2H3. The summed E-state index contributed by atoms with van der Waals surface area (Å²) in [5, 5.41) is 0. The topological polar surface area (TPSA) is 0 Å². The van der Waals surface area contributed by atoms with Crippen LogP contribution in [0.25, 0.3) is 0 Å². The Balaban J connectivity index is 1.41. The van der Waals surface area contributed by atoms with Crippen LogP contribution in [-0.4, -0.2) is 0 Å². The fraction of sp³-hybridized carbons (Fsp3) is 0.562. The van der Waals surface area contributed by atoms with Crippen LogP contribution < -0.4 is 0 Å². The highest BCUT2D eigenvalue weighted by atomic mass is 14.2. The van der Waals surface area contributed by atoms with Crippen molar-refractivity contribution in [1.82, 2.24) is 0 Å². The highest BCUT2D eigenvalue weighted by Crippen LogP contribution is 2.35. The van der Waals surface area contributed by atoms with Gasteiger partial charge in [0.05, 0.1) is 0 Å². The highest BCUT2D eigenvalue weighted by molar-refractivity contribution is 5.37. The monoisotopic (exact) mass is 428 g/mol. The maximum Gasteiger partial charge on any atom is 0.0245 e. The van der Waals surface area contributed by atoms with E-state index in [2.05, 4.69) is 74.2 Å². The summed E-state index contributed by atoms with van der Waals surface area (Å²) in [7, 11) is 0. The number of benzene rings is 2. The fourth-order valence-corrected chi connectivity index (χ4v) is 4.98. The van der Waals surface area contributed by atoms with Crippen molar-refractivity contribution in [3.05, 3.63) is 70.8 Å². The molecule has 0 radical (unpaired) electrons. The number of unbranched alkanes of at least 4 members (excludes halogenated alkanes) is 6. The average molecular weight is 429 g/mol. The van der Waals surface area contributed by atoms with Crippen LogP contribution in [0.2, 0.25) is 0 Å². The molecular weight excluding hydrogens is 384 g/mol. The second-order valence-electron chi connectivity index (χ2n) is 9.88. The zero-order valence-electron chi connectivity index (χ0n) is 20.7. The van der Waals surface area contributed by atoms with Crippen LogP contribution >= 0.6 is 0 Å². The molecule has 1 aliphatic rings. The van der Waals surface area contributed by atoms with Gasteiger partial charge in [-0.15, -0.1) is 0 Å². The summed E-state index contributed by atoms with van der Waals surface area (Å²) in [6.45, 7) is 4.55. The summed E-state index contributed by atoms with van der Waals surface area (Å²) in [6, 6.07) is 18.5. The lowest BCUT2D eigenvalue weighted by Gasteiger charge is -2.26. The first-order valence-electron chi connectivity index (χ1n) is 13.5. The molecule has 2 aromatic rings. The van der Waals surface area contributed by atoms with Crippen LogP contribution in [0.1, 0.15) is 119 Å². The second-order valence-corrected chi connectivity index (χ2v) is 9.88. The predicted octanol–water partition coefficient (Wildman–Crippen LogP) is 9.26. The Labute approximate surface area is 198 Å². The molecule has 0 amide bonds. The van der Waals surface area contributed by atoms with Gasteiger partial charge < -0.3 is 0 Å². The van der Waals surface area contributed by atoms with Gasteiger partial charge in [0.25, 0.3) is 0 Å². The van der Waals surface area contributed by atoms with Gasteiger partial charge in [-0.1, -0.05) is 101 Å². The quantitative estimate of drug-likeness (QED) is 0.247. The van der Waals surface area contributed by atoms with Gasteiger partial charge >= 0.3 is 0 Å². The van der Waals surface area contributed by atoms with Crippen LogP contribution in [0.3, 0.4) is 0 Å². The van der Waals surface area contributed by atoms with E-state index >= 15 is 0 Å². The van der Waals surface area contributed by atoms with E-state index in [1.54, 1.807) is 5.56 Å². The smallest absolute Gasteiger partial charge is 0.0245 e. The molecule has 32 heavy (non-hydrogen) atoms. The Kier molecular flexibility index (Phi) is 10.9. The molecule has 0 aliphatic heterocycles. The van der Waals surface area contributed by atoms with Gasteiger partial charge in [-0.25, -0.2) is 0 Å². The first-order chi connectivity index (χ1) is 15.8.